The van der Waals surface area contributed by atoms with Gasteiger partial charge in [-0.15, -0.1) is 0 Å². The second-order valence-electron chi connectivity index (χ2n) is 7.22. The van der Waals surface area contributed by atoms with Crippen molar-refractivity contribution in [3.8, 4) is 5.75 Å². The second kappa shape index (κ2) is 9.07. The summed E-state index contributed by atoms with van der Waals surface area (Å²) >= 11 is 0. The topological polar surface area (TPSA) is 51.9 Å². The van der Waals surface area contributed by atoms with Crippen LogP contribution in [0.4, 0.5) is 0 Å². The first-order valence-corrected chi connectivity index (χ1v) is 9.93. The standard InChI is InChI=1S/C24H25NO4/c1-18-2-6-20-17-24(29-23(20)16-18)22(26)9-5-19-3-7-21(8-4-19)28-15-12-25-10-13-27-14-11-25/h2-9,16-17H,10-15H2,1H3/b9-5+. The van der Waals surface area contributed by atoms with E-state index in [0.717, 1.165) is 60.7 Å². The SMILES string of the molecule is Cc1ccc2cc(C(=O)/C=C/c3ccc(OCCN4CCOCC4)cc3)oc2c1. The van der Waals surface area contributed by atoms with E-state index in [2.05, 4.69) is 4.90 Å². The molecule has 5 heteroatoms. The molecule has 150 valence electrons. The van der Waals surface area contributed by atoms with Gasteiger partial charge in [0, 0.05) is 25.0 Å². The van der Waals surface area contributed by atoms with E-state index in [0.29, 0.717) is 12.4 Å². The molecule has 29 heavy (non-hydrogen) atoms. The molecule has 0 aliphatic carbocycles. The van der Waals surface area contributed by atoms with Gasteiger partial charge in [-0.3, -0.25) is 9.69 Å². The first-order chi connectivity index (χ1) is 14.2. The molecule has 0 N–H and O–H groups in total. The minimum atomic E-state index is -0.148. The lowest BCUT2D eigenvalue weighted by Gasteiger charge is -2.26. The van der Waals surface area contributed by atoms with E-state index in [-0.39, 0.29) is 5.78 Å². The van der Waals surface area contributed by atoms with Crippen LogP contribution in [0.3, 0.4) is 0 Å². The van der Waals surface area contributed by atoms with Crippen LogP contribution in [0.5, 0.6) is 5.75 Å². The lowest BCUT2D eigenvalue weighted by atomic mass is 10.1. The summed E-state index contributed by atoms with van der Waals surface area (Å²) in [5.41, 5.74) is 2.78. The van der Waals surface area contributed by atoms with Crippen molar-refractivity contribution >= 4 is 22.8 Å². The fraction of sp³-hybridized carbons (Fsp3) is 0.292. The predicted octanol–water partition coefficient (Wildman–Crippen LogP) is 4.35. The van der Waals surface area contributed by atoms with E-state index in [1.807, 2.05) is 49.4 Å². The Morgan fingerprint density at radius 1 is 1.10 bits per heavy atom. The van der Waals surface area contributed by atoms with Gasteiger partial charge < -0.3 is 13.9 Å². The van der Waals surface area contributed by atoms with Crippen LogP contribution >= 0.6 is 0 Å². The summed E-state index contributed by atoms with van der Waals surface area (Å²) in [4.78, 5) is 14.8. The Morgan fingerprint density at radius 3 is 2.69 bits per heavy atom. The van der Waals surface area contributed by atoms with Gasteiger partial charge in [-0.25, -0.2) is 0 Å². The Balaban J connectivity index is 1.31. The van der Waals surface area contributed by atoms with Crippen molar-refractivity contribution < 1.29 is 18.7 Å². The van der Waals surface area contributed by atoms with Crippen molar-refractivity contribution in [2.75, 3.05) is 39.5 Å². The number of benzene rings is 2. The molecule has 0 saturated carbocycles. The maximum Gasteiger partial charge on any atom is 0.221 e. The summed E-state index contributed by atoms with van der Waals surface area (Å²) < 4.78 is 16.8. The molecule has 5 nitrogen and oxygen atoms in total. The van der Waals surface area contributed by atoms with Gasteiger partial charge in [0.25, 0.3) is 0 Å². The molecule has 4 rings (SSSR count). The number of rotatable bonds is 7. The van der Waals surface area contributed by atoms with Crippen LogP contribution in [0, 0.1) is 6.92 Å². The molecular weight excluding hydrogens is 366 g/mol. The average Bonchev–Trinajstić information content (AvgIpc) is 3.17. The summed E-state index contributed by atoms with van der Waals surface area (Å²) in [6.45, 7) is 7.08. The summed E-state index contributed by atoms with van der Waals surface area (Å²) in [5, 5.41) is 0.936. The largest absolute Gasteiger partial charge is 0.492 e. The minimum absolute atomic E-state index is 0.148. The average molecular weight is 391 g/mol. The molecule has 1 aromatic heterocycles. The third-order valence-corrected chi connectivity index (χ3v) is 5.01. The molecule has 0 bridgehead atoms. The number of hydrogen-bond acceptors (Lipinski definition) is 5. The molecule has 2 heterocycles. The normalized spacial score (nSPS) is 15.2. The zero-order valence-corrected chi connectivity index (χ0v) is 16.6. The van der Waals surface area contributed by atoms with Gasteiger partial charge in [0.05, 0.1) is 13.2 Å². The third kappa shape index (κ3) is 5.13. The Labute approximate surface area is 170 Å². The highest BCUT2D eigenvalue weighted by molar-refractivity contribution is 6.07. The number of morpholine rings is 1. The number of ketones is 1. The van der Waals surface area contributed by atoms with Crippen molar-refractivity contribution in [3.05, 3.63) is 71.5 Å². The van der Waals surface area contributed by atoms with Gasteiger partial charge in [-0.1, -0.05) is 30.3 Å². The van der Waals surface area contributed by atoms with Crippen molar-refractivity contribution in [2.45, 2.75) is 6.92 Å². The molecule has 0 spiro atoms. The lowest BCUT2D eigenvalue weighted by molar-refractivity contribution is 0.0322. The van der Waals surface area contributed by atoms with Gasteiger partial charge >= 0.3 is 0 Å². The molecular formula is C24H25NO4. The summed E-state index contributed by atoms with van der Waals surface area (Å²) in [6.07, 6.45) is 3.33. The molecule has 1 aliphatic rings. The van der Waals surface area contributed by atoms with Gasteiger partial charge in [-0.2, -0.15) is 0 Å². The number of fused-ring (bicyclic) bond motifs is 1. The van der Waals surface area contributed by atoms with E-state index >= 15 is 0 Å². The maximum atomic E-state index is 12.4. The molecule has 0 amide bonds. The second-order valence-corrected chi connectivity index (χ2v) is 7.22. The molecule has 1 aliphatic heterocycles. The van der Waals surface area contributed by atoms with Crippen LogP contribution in [0.2, 0.25) is 0 Å². The van der Waals surface area contributed by atoms with Crippen LogP contribution < -0.4 is 4.74 Å². The van der Waals surface area contributed by atoms with E-state index in [4.69, 9.17) is 13.9 Å². The number of furan rings is 1. The number of carbonyl (C=O) groups excluding carboxylic acids is 1. The van der Waals surface area contributed by atoms with E-state index in [1.165, 1.54) is 0 Å². The Morgan fingerprint density at radius 2 is 1.90 bits per heavy atom. The zero-order chi connectivity index (χ0) is 20.1. The van der Waals surface area contributed by atoms with Crippen LogP contribution in [0.25, 0.3) is 17.0 Å². The minimum Gasteiger partial charge on any atom is -0.492 e. The highest BCUT2D eigenvalue weighted by Gasteiger charge is 2.10. The lowest BCUT2D eigenvalue weighted by Crippen LogP contribution is -2.38. The van der Waals surface area contributed by atoms with Crippen LogP contribution in [-0.4, -0.2) is 50.1 Å². The van der Waals surface area contributed by atoms with E-state index < -0.39 is 0 Å². The van der Waals surface area contributed by atoms with Gasteiger partial charge in [-0.05, 0) is 48.4 Å². The molecule has 0 atom stereocenters. The first-order valence-electron chi connectivity index (χ1n) is 9.93. The highest BCUT2D eigenvalue weighted by Crippen LogP contribution is 2.21. The number of allylic oxidation sites excluding steroid dienone is 1. The van der Waals surface area contributed by atoms with Gasteiger partial charge in [0.2, 0.25) is 5.78 Å². The van der Waals surface area contributed by atoms with Crippen LogP contribution in [-0.2, 0) is 4.74 Å². The zero-order valence-electron chi connectivity index (χ0n) is 16.6. The van der Waals surface area contributed by atoms with Crippen LogP contribution in [0.15, 0.2) is 59.0 Å². The summed E-state index contributed by atoms with van der Waals surface area (Å²) in [5.74, 6) is 1.03. The molecule has 1 saturated heterocycles. The highest BCUT2D eigenvalue weighted by atomic mass is 16.5. The Hall–Kier alpha value is -2.89. The van der Waals surface area contributed by atoms with Crippen molar-refractivity contribution in [2.24, 2.45) is 0 Å². The number of carbonyl (C=O) groups is 1. The summed E-state index contributed by atoms with van der Waals surface area (Å²) in [6, 6.07) is 15.4. The molecule has 3 aromatic rings. The first kappa shape index (κ1) is 19.4. The Bertz CT molecular complexity index is 997. The van der Waals surface area contributed by atoms with E-state index in [9.17, 15) is 4.79 Å². The number of ether oxygens (including phenoxy) is 2. The third-order valence-electron chi connectivity index (χ3n) is 5.01. The van der Waals surface area contributed by atoms with Gasteiger partial charge in [0.1, 0.15) is 17.9 Å². The fourth-order valence-electron chi connectivity index (χ4n) is 3.31. The molecule has 1 fully saturated rings. The predicted molar refractivity (Wildman–Crippen MR) is 114 cm³/mol. The molecule has 0 unspecified atom stereocenters. The van der Waals surface area contributed by atoms with Gasteiger partial charge in [0.15, 0.2) is 5.76 Å². The fourth-order valence-corrected chi connectivity index (χ4v) is 3.31. The summed E-state index contributed by atoms with van der Waals surface area (Å²) in [7, 11) is 0. The maximum absolute atomic E-state index is 12.4. The van der Waals surface area contributed by atoms with Crippen molar-refractivity contribution in [1.82, 2.24) is 4.90 Å². The quantitative estimate of drug-likeness (QED) is 0.443. The molecule has 0 radical (unpaired) electrons. The number of nitrogens with zero attached hydrogens (tertiary/aromatic N) is 1. The van der Waals surface area contributed by atoms with E-state index in [1.54, 1.807) is 18.2 Å². The Kier molecular flexibility index (Phi) is 6.08. The smallest absolute Gasteiger partial charge is 0.221 e. The monoisotopic (exact) mass is 391 g/mol. The van der Waals surface area contributed by atoms with Crippen molar-refractivity contribution in [1.29, 1.82) is 0 Å². The number of hydrogen-bond donors (Lipinski definition) is 0. The molecule has 2 aromatic carbocycles. The van der Waals surface area contributed by atoms with Crippen molar-refractivity contribution in [3.63, 3.8) is 0 Å². The van der Waals surface area contributed by atoms with Crippen LogP contribution in [0.1, 0.15) is 21.7 Å². The number of aryl methyl sites for hydroxylation is 1.